The van der Waals surface area contributed by atoms with E-state index in [0.717, 1.165) is 6.07 Å². The van der Waals surface area contributed by atoms with E-state index in [1.807, 2.05) is 0 Å². The Balaban J connectivity index is 1.88. The number of aromatic nitrogens is 2. The quantitative estimate of drug-likeness (QED) is 0.588. The third kappa shape index (κ3) is 2.97. The fourth-order valence-corrected chi connectivity index (χ4v) is 2.19. The number of carbonyl (C=O) groups is 1. The number of carbonyl (C=O) groups excluding carboxylic acids is 1. The van der Waals surface area contributed by atoms with E-state index in [1.54, 1.807) is 0 Å². The van der Waals surface area contributed by atoms with Crippen LogP contribution in [0.4, 0.5) is 15.8 Å². The fourth-order valence-electron chi connectivity index (χ4n) is 2.00. The van der Waals surface area contributed by atoms with Crippen LogP contribution in [0.5, 0.6) is 0 Å². The standard InChI is InChI=1S/C14H8ClFN4O3/c15-10-3-2-9(5-12(10)20(22)23)17-14(21)11-7-19-6-8(16)1-4-13(19)18-11/h1-7H,(H,17,21). The third-order valence-corrected chi connectivity index (χ3v) is 3.37. The zero-order valence-electron chi connectivity index (χ0n) is 11.4. The highest BCUT2D eigenvalue weighted by Crippen LogP contribution is 2.27. The Morgan fingerprint density at radius 1 is 1.30 bits per heavy atom. The van der Waals surface area contributed by atoms with Crippen LogP contribution < -0.4 is 5.32 Å². The zero-order chi connectivity index (χ0) is 16.6. The molecule has 0 unspecified atom stereocenters. The summed E-state index contributed by atoms with van der Waals surface area (Å²) in [6.07, 6.45) is 2.55. The van der Waals surface area contributed by atoms with Gasteiger partial charge in [-0.1, -0.05) is 11.6 Å². The smallest absolute Gasteiger partial charge is 0.289 e. The van der Waals surface area contributed by atoms with Crippen molar-refractivity contribution in [1.29, 1.82) is 0 Å². The van der Waals surface area contributed by atoms with E-state index in [1.165, 1.54) is 41.1 Å². The molecule has 0 aliphatic rings. The van der Waals surface area contributed by atoms with Gasteiger partial charge in [0.1, 0.15) is 22.2 Å². The summed E-state index contributed by atoms with van der Waals surface area (Å²) in [6.45, 7) is 0. The SMILES string of the molecule is O=C(Nc1ccc(Cl)c([N+](=O)[O-])c1)c1cn2cc(F)ccc2n1. The van der Waals surface area contributed by atoms with Gasteiger partial charge < -0.3 is 9.72 Å². The lowest BCUT2D eigenvalue weighted by atomic mass is 10.2. The minimum Gasteiger partial charge on any atom is -0.320 e. The van der Waals surface area contributed by atoms with Crippen molar-refractivity contribution in [3.63, 3.8) is 0 Å². The van der Waals surface area contributed by atoms with Gasteiger partial charge in [0.05, 0.1) is 4.92 Å². The molecule has 23 heavy (non-hydrogen) atoms. The summed E-state index contributed by atoms with van der Waals surface area (Å²) >= 11 is 5.71. The van der Waals surface area contributed by atoms with Gasteiger partial charge in [-0.15, -0.1) is 0 Å². The molecule has 1 N–H and O–H groups in total. The van der Waals surface area contributed by atoms with Crippen molar-refractivity contribution in [1.82, 2.24) is 9.38 Å². The number of nitro benzene ring substituents is 1. The maximum absolute atomic E-state index is 13.1. The molecule has 116 valence electrons. The lowest BCUT2D eigenvalue weighted by molar-refractivity contribution is -0.384. The van der Waals surface area contributed by atoms with Gasteiger partial charge in [-0.3, -0.25) is 14.9 Å². The fraction of sp³-hybridized carbons (Fsp3) is 0. The van der Waals surface area contributed by atoms with E-state index < -0.39 is 16.6 Å². The first-order valence-corrected chi connectivity index (χ1v) is 6.71. The first kappa shape index (κ1) is 14.9. The van der Waals surface area contributed by atoms with Gasteiger partial charge in [-0.05, 0) is 24.3 Å². The molecule has 0 aliphatic carbocycles. The molecule has 0 radical (unpaired) electrons. The van der Waals surface area contributed by atoms with Crippen LogP contribution in [0.15, 0.2) is 42.7 Å². The number of pyridine rings is 1. The highest BCUT2D eigenvalue weighted by atomic mass is 35.5. The van der Waals surface area contributed by atoms with Crippen molar-refractivity contribution in [2.24, 2.45) is 0 Å². The summed E-state index contributed by atoms with van der Waals surface area (Å²) in [5, 5.41) is 13.3. The van der Waals surface area contributed by atoms with Gasteiger partial charge in [0, 0.05) is 24.1 Å². The average Bonchev–Trinajstić information content (AvgIpc) is 2.92. The van der Waals surface area contributed by atoms with Gasteiger partial charge in [0.25, 0.3) is 11.6 Å². The highest BCUT2D eigenvalue weighted by molar-refractivity contribution is 6.32. The van der Waals surface area contributed by atoms with Crippen LogP contribution in [0.3, 0.4) is 0 Å². The topological polar surface area (TPSA) is 89.5 Å². The molecule has 3 rings (SSSR count). The predicted octanol–water partition coefficient (Wildman–Crippen LogP) is 3.29. The second-order valence-corrected chi connectivity index (χ2v) is 5.02. The van der Waals surface area contributed by atoms with Crippen molar-refractivity contribution in [2.45, 2.75) is 0 Å². The summed E-state index contributed by atoms with van der Waals surface area (Å²) in [5.74, 6) is -1.04. The molecule has 0 fully saturated rings. The molecule has 0 aliphatic heterocycles. The van der Waals surface area contributed by atoms with Gasteiger partial charge >= 0.3 is 0 Å². The monoisotopic (exact) mass is 334 g/mol. The molecular weight excluding hydrogens is 327 g/mol. The normalized spacial score (nSPS) is 10.7. The van der Waals surface area contributed by atoms with Gasteiger partial charge in [-0.2, -0.15) is 0 Å². The minimum atomic E-state index is -0.647. The Kier molecular flexibility index (Phi) is 3.67. The molecule has 3 aromatic rings. The lowest BCUT2D eigenvalue weighted by Crippen LogP contribution is -2.12. The third-order valence-electron chi connectivity index (χ3n) is 3.05. The largest absolute Gasteiger partial charge is 0.320 e. The van der Waals surface area contributed by atoms with Crippen LogP contribution in [-0.2, 0) is 0 Å². The molecule has 7 nitrogen and oxygen atoms in total. The minimum absolute atomic E-state index is 0.0313. The average molecular weight is 335 g/mol. The summed E-state index contributed by atoms with van der Waals surface area (Å²) < 4.78 is 14.5. The number of fused-ring (bicyclic) bond motifs is 1. The molecule has 0 bridgehead atoms. The van der Waals surface area contributed by atoms with Gasteiger partial charge in [0.15, 0.2) is 0 Å². The number of amides is 1. The van der Waals surface area contributed by atoms with Crippen LogP contribution in [0.2, 0.25) is 5.02 Å². The first-order valence-electron chi connectivity index (χ1n) is 6.33. The molecule has 0 saturated heterocycles. The number of hydrogen-bond donors (Lipinski definition) is 1. The van der Waals surface area contributed by atoms with Gasteiger partial charge in [0.2, 0.25) is 0 Å². The van der Waals surface area contributed by atoms with Crippen molar-refractivity contribution in [3.8, 4) is 0 Å². The number of imidazole rings is 1. The molecule has 0 spiro atoms. The summed E-state index contributed by atoms with van der Waals surface area (Å²) in [7, 11) is 0. The molecule has 1 aromatic carbocycles. The molecule has 0 saturated carbocycles. The summed E-state index contributed by atoms with van der Waals surface area (Å²) in [6, 6.07) is 6.55. The Bertz CT molecular complexity index is 941. The molecular formula is C14H8ClFN4O3. The Hall–Kier alpha value is -3.00. The van der Waals surface area contributed by atoms with Crippen molar-refractivity contribution < 1.29 is 14.1 Å². The molecule has 1 amide bonds. The van der Waals surface area contributed by atoms with E-state index in [2.05, 4.69) is 10.3 Å². The van der Waals surface area contributed by atoms with Crippen molar-refractivity contribution in [2.75, 3.05) is 5.32 Å². The number of nitrogens with one attached hydrogen (secondary N) is 1. The Morgan fingerprint density at radius 2 is 2.09 bits per heavy atom. The Morgan fingerprint density at radius 3 is 2.83 bits per heavy atom. The van der Waals surface area contributed by atoms with Crippen LogP contribution in [0.25, 0.3) is 5.65 Å². The zero-order valence-corrected chi connectivity index (χ0v) is 12.1. The van der Waals surface area contributed by atoms with E-state index in [-0.39, 0.29) is 22.1 Å². The highest BCUT2D eigenvalue weighted by Gasteiger charge is 2.16. The molecule has 9 heteroatoms. The molecule has 2 aromatic heterocycles. The number of nitro groups is 1. The van der Waals surface area contributed by atoms with Crippen LogP contribution in [0.1, 0.15) is 10.5 Å². The number of anilines is 1. The number of nitrogens with zero attached hydrogens (tertiary/aromatic N) is 3. The summed E-state index contributed by atoms with van der Waals surface area (Å²) in [5.41, 5.74) is 0.336. The van der Waals surface area contributed by atoms with Gasteiger partial charge in [-0.25, -0.2) is 9.37 Å². The van der Waals surface area contributed by atoms with Crippen molar-refractivity contribution in [3.05, 3.63) is 69.4 Å². The lowest BCUT2D eigenvalue weighted by Gasteiger charge is -2.03. The van der Waals surface area contributed by atoms with Crippen LogP contribution >= 0.6 is 11.6 Å². The van der Waals surface area contributed by atoms with E-state index in [4.69, 9.17) is 11.6 Å². The number of hydrogen-bond acceptors (Lipinski definition) is 4. The Labute approximate surface area is 133 Å². The van der Waals surface area contributed by atoms with E-state index in [0.29, 0.717) is 5.65 Å². The van der Waals surface area contributed by atoms with Crippen LogP contribution in [-0.4, -0.2) is 20.2 Å². The van der Waals surface area contributed by atoms with E-state index in [9.17, 15) is 19.3 Å². The predicted molar refractivity (Wildman–Crippen MR) is 81.2 cm³/mol. The maximum atomic E-state index is 13.1. The second kappa shape index (κ2) is 5.65. The number of halogens is 2. The number of rotatable bonds is 3. The van der Waals surface area contributed by atoms with Crippen molar-refractivity contribution >= 4 is 34.5 Å². The van der Waals surface area contributed by atoms with Crippen LogP contribution in [0, 0.1) is 15.9 Å². The number of benzene rings is 1. The summed E-state index contributed by atoms with van der Waals surface area (Å²) in [4.78, 5) is 26.4. The first-order chi connectivity index (χ1) is 10.9. The molecule has 0 atom stereocenters. The molecule has 2 heterocycles. The second-order valence-electron chi connectivity index (χ2n) is 4.62. The maximum Gasteiger partial charge on any atom is 0.289 e. The van der Waals surface area contributed by atoms with E-state index >= 15 is 0 Å².